The molecular weight excluding hydrogens is 346 g/mol. The highest BCUT2D eigenvalue weighted by Gasteiger charge is 2.23. The van der Waals surface area contributed by atoms with Crippen LogP contribution in [0.2, 0.25) is 0 Å². The van der Waals surface area contributed by atoms with Crippen molar-refractivity contribution in [1.29, 1.82) is 0 Å². The summed E-state index contributed by atoms with van der Waals surface area (Å²) in [6.45, 7) is 11.7. The molecule has 138 valence electrons. The minimum atomic E-state index is 0.0262. The van der Waals surface area contributed by atoms with Gasteiger partial charge in [0.15, 0.2) is 0 Å². The van der Waals surface area contributed by atoms with E-state index in [2.05, 4.69) is 43.9 Å². The molecule has 3 aromatic rings. The van der Waals surface area contributed by atoms with Crippen LogP contribution >= 0.6 is 11.3 Å². The zero-order chi connectivity index (χ0) is 18.8. The molecule has 3 aromatic heterocycles. The van der Waals surface area contributed by atoms with Crippen LogP contribution in [-0.2, 0) is 0 Å². The van der Waals surface area contributed by atoms with Crippen LogP contribution < -0.4 is 0 Å². The molecule has 0 bridgehead atoms. The third-order valence-electron chi connectivity index (χ3n) is 4.44. The van der Waals surface area contributed by atoms with E-state index in [1.54, 1.807) is 11.3 Å². The van der Waals surface area contributed by atoms with Gasteiger partial charge >= 0.3 is 0 Å². The number of carbonyl (C=O) groups is 1. The van der Waals surface area contributed by atoms with Gasteiger partial charge in [-0.2, -0.15) is 0 Å². The third kappa shape index (κ3) is 3.38. The van der Waals surface area contributed by atoms with Gasteiger partial charge in [-0.3, -0.25) is 4.79 Å². The van der Waals surface area contributed by atoms with E-state index in [9.17, 15) is 4.79 Å². The zero-order valence-electron chi connectivity index (χ0n) is 16.0. The summed E-state index contributed by atoms with van der Waals surface area (Å²) in [5.74, 6) is 0.0262. The summed E-state index contributed by atoms with van der Waals surface area (Å²) in [6, 6.07) is 4.02. The average Bonchev–Trinajstić information content (AvgIpc) is 3.15. The van der Waals surface area contributed by atoms with E-state index in [0.717, 1.165) is 42.6 Å². The molecule has 3 heterocycles. The van der Waals surface area contributed by atoms with E-state index in [1.165, 1.54) is 9.75 Å². The third-order valence-corrected chi connectivity index (χ3v) is 5.40. The number of fused-ring (bicyclic) bond motifs is 1. The van der Waals surface area contributed by atoms with Crippen molar-refractivity contribution in [2.24, 2.45) is 0 Å². The predicted octanol–water partition coefficient (Wildman–Crippen LogP) is 5.14. The summed E-state index contributed by atoms with van der Waals surface area (Å²) in [5.41, 5.74) is 3.59. The Kier molecular flexibility index (Phi) is 5.41. The molecule has 0 aliphatic carbocycles. The second-order valence-corrected chi connectivity index (χ2v) is 8.08. The number of carbonyl (C=O) groups excluding carboxylic acids is 1. The summed E-state index contributed by atoms with van der Waals surface area (Å²) in [4.78, 5) is 22.3. The van der Waals surface area contributed by atoms with Gasteiger partial charge in [0, 0.05) is 28.4 Å². The Morgan fingerprint density at radius 1 is 1.15 bits per heavy atom. The maximum Gasteiger partial charge on any atom is 0.259 e. The number of pyridine rings is 1. The fourth-order valence-electron chi connectivity index (χ4n) is 3.31. The average molecular weight is 372 g/mol. The van der Waals surface area contributed by atoms with Gasteiger partial charge in [-0.25, -0.2) is 4.98 Å². The smallest absolute Gasteiger partial charge is 0.259 e. The van der Waals surface area contributed by atoms with Crippen molar-refractivity contribution in [2.75, 3.05) is 13.1 Å². The molecule has 0 saturated heterocycles. The first kappa shape index (κ1) is 18.6. The van der Waals surface area contributed by atoms with Gasteiger partial charge in [0.05, 0.1) is 22.3 Å². The van der Waals surface area contributed by atoms with E-state index in [4.69, 9.17) is 4.52 Å². The first-order chi connectivity index (χ1) is 12.5. The molecule has 0 atom stereocenters. The summed E-state index contributed by atoms with van der Waals surface area (Å²) < 4.78 is 5.42. The number of aryl methyl sites for hydroxylation is 3. The lowest BCUT2D eigenvalue weighted by atomic mass is 10.0. The van der Waals surface area contributed by atoms with Crippen LogP contribution in [0.4, 0.5) is 0 Å². The van der Waals surface area contributed by atoms with Gasteiger partial charge in [-0.05, 0) is 45.7 Å². The van der Waals surface area contributed by atoms with Crippen LogP contribution in [-0.4, -0.2) is 34.0 Å². The summed E-state index contributed by atoms with van der Waals surface area (Å²) in [5, 5.41) is 4.77. The van der Waals surface area contributed by atoms with Gasteiger partial charge < -0.3 is 9.42 Å². The van der Waals surface area contributed by atoms with Crippen molar-refractivity contribution in [3.63, 3.8) is 0 Å². The molecule has 0 aliphatic rings. The molecular formula is C20H25N3O2S. The Balaban J connectivity index is 2.17. The van der Waals surface area contributed by atoms with Crippen LogP contribution in [0.1, 0.15) is 52.5 Å². The highest BCUT2D eigenvalue weighted by molar-refractivity contribution is 7.12. The number of hydrogen-bond donors (Lipinski definition) is 0. The van der Waals surface area contributed by atoms with Crippen LogP contribution in [0.25, 0.3) is 22.4 Å². The van der Waals surface area contributed by atoms with Gasteiger partial charge in [-0.1, -0.05) is 19.0 Å². The molecule has 26 heavy (non-hydrogen) atoms. The SMILES string of the molecule is CCCN(CCC)C(=O)c1cc(-c2cc(C)sc2C)nc2onc(C)c12. The van der Waals surface area contributed by atoms with Crippen molar-refractivity contribution in [3.8, 4) is 11.3 Å². The van der Waals surface area contributed by atoms with Crippen LogP contribution in [0.5, 0.6) is 0 Å². The van der Waals surface area contributed by atoms with E-state index in [0.29, 0.717) is 17.0 Å². The molecule has 6 heteroatoms. The van der Waals surface area contributed by atoms with Crippen molar-refractivity contribution >= 4 is 28.3 Å². The molecule has 0 fully saturated rings. The standard InChI is InChI=1S/C20H25N3O2S/c1-6-8-23(9-7-2)20(24)16-11-17(15-10-12(3)26-14(15)5)21-19-18(16)13(4)22-25-19/h10-11H,6-9H2,1-5H3. The molecule has 3 rings (SSSR count). The molecule has 0 saturated carbocycles. The Hall–Kier alpha value is -2.21. The zero-order valence-corrected chi connectivity index (χ0v) is 16.9. The number of aromatic nitrogens is 2. The van der Waals surface area contributed by atoms with E-state index in [-0.39, 0.29) is 5.91 Å². The second-order valence-electron chi connectivity index (χ2n) is 6.62. The van der Waals surface area contributed by atoms with Crippen molar-refractivity contribution in [2.45, 2.75) is 47.5 Å². The summed E-state index contributed by atoms with van der Waals surface area (Å²) in [7, 11) is 0. The summed E-state index contributed by atoms with van der Waals surface area (Å²) in [6.07, 6.45) is 1.86. The molecule has 5 nitrogen and oxygen atoms in total. The van der Waals surface area contributed by atoms with Gasteiger partial charge in [0.2, 0.25) is 0 Å². The quantitative estimate of drug-likeness (QED) is 0.602. The van der Waals surface area contributed by atoms with Gasteiger partial charge in [0.25, 0.3) is 11.6 Å². The van der Waals surface area contributed by atoms with Crippen molar-refractivity contribution < 1.29 is 9.32 Å². The number of hydrogen-bond acceptors (Lipinski definition) is 5. The van der Waals surface area contributed by atoms with E-state index < -0.39 is 0 Å². The maximum absolute atomic E-state index is 13.3. The molecule has 0 aromatic carbocycles. The lowest BCUT2D eigenvalue weighted by Crippen LogP contribution is -2.32. The first-order valence-corrected chi connectivity index (χ1v) is 9.91. The minimum absolute atomic E-state index is 0.0262. The largest absolute Gasteiger partial charge is 0.339 e. The number of amides is 1. The monoisotopic (exact) mass is 371 g/mol. The fraction of sp³-hybridized carbons (Fsp3) is 0.450. The predicted molar refractivity (Wildman–Crippen MR) is 106 cm³/mol. The second kappa shape index (κ2) is 7.58. The number of rotatable bonds is 6. The number of nitrogens with zero attached hydrogens (tertiary/aromatic N) is 3. The Bertz CT molecular complexity index is 936. The lowest BCUT2D eigenvalue weighted by molar-refractivity contribution is 0.0757. The molecule has 0 aliphatic heterocycles. The number of thiophene rings is 1. The van der Waals surface area contributed by atoms with Gasteiger partial charge in [-0.15, -0.1) is 11.3 Å². The summed E-state index contributed by atoms with van der Waals surface area (Å²) >= 11 is 1.73. The maximum atomic E-state index is 13.3. The molecule has 1 amide bonds. The fourth-order valence-corrected chi connectivity index (χ4v) is 4.24. The van der Waals surface area contributed by atoms with Crippen molar-refractivity contribution in [1.82, 2.24) is 15.0 Å². The highest BCUT2D eigenvalue weighted by atomic mass is 32.1. The van der Waals surface area contributed by atoms with E-state index in [1.807, 2.05) is 17.9 Å². The molecule has 0 N–H and O–H groups in total. The van der Waals surface area contributed by atoms with E-state index >= 15 is 0 Å². The topological polar surface area (TPSA) is 59.2 Å². The lowest BCUT2D eigenvalue weighted by Gasteiger charge is -2.22. The van der Waals surface area contributed by atoms with Crippen LogP contribution in [0.15, 0.2) is 16.7 Å². The minimum Gasteiger partial charge on any atom is -0.339 e. The molecule has 0 spiro atoms. The Labute approximate surface area is 158 Å². The van der Waals surface area contributed by atoms with Crippen LogP contribution in [0, 0.1) is 20.8 Å². The first-order valence-electron chi connectivity index (χ1n) is 9.09. The highest BCUT2D eigenvalue weighted by Crippen LogP contribution is 2.33. The Morgan fingerprint density at radius 2 is 1.85 bits per heavy atom. The Morgan fingerprint density at radius 3 is 2.42 bits per heavy atom. The van der Waals surface area contributed by atoms with Gasteiger partial charge in [0.1, 0.15) is 0 Å². The van der Waals surface area contributed by atoms with Crippen LogP contribution in [0.3, 0.4) is 0 Å². The normalized spacial score (nSPS) is 11.3. The molecule has 0 unspecified atom stereocenters. The molecule has 0 radical (unpaired) electrons. The van der Waals surface area contributed by atoms with Crippen molar-refractivity contribution in [3.05, 3.63) is 33.1 Å².